The standard InChI is InChI=1S/C12H14FN3O2/c1-7(17-2)5-11-15-12(18-16-11)9-6-8(14)3-4-10(9)13/h3-4,6-7H,5,14H2,1-2H3. The van der Waals surface area contributed by atoms with E-state index in [9.17, 15) is 4.39 Å². The van der Waals surface area contributed by atoms with Crippen molar-refractivity contribution in [3.63, 3.8) is 0 Å². The third kappa shape index (κ3) is 2.65. The van der Waals surface area contributed by atoms with E-state index in [1.165, 1.54) is 18.2 Å². The van der Waals surface area contributed by atoms with Gasteiger partial charge in [-0.25, -0.2) is 4.39 Å². The number of aromatic nitrogens is 2. The highest BCUT2D eigenvalue weighted by Crippen LogP contribution is 2.23. The van der Waals surface area contributed by atoms with Crippen LogP contribution in [0.25, 0.3) is 11.5 Å². The van der Waals surface area contributed by atoms with Crippen molar-refractivity contribution in [1.29, 1.82) is 0 Å². The largest absolute Gasteiger partial charge is 0.399 e. The van der Waals surface area contributed by atoms with E-state index in [0.29, 0.717) is 17.9 Å². The molecule has 2 rings (SSSR count). The van der Waals surface area contributed by atoms with E-state index in [1.807, 2.05) is 6.92 Å². The van der Waals surface area contributed by atoms with Gasteiger partial charge in [0.1, 0.15) is 5.82 Å². The zero-order chi connectivity index (χ0) is 13.1. The Balaban J connectivity index is 2.26. The molecule has 0 saturated carbocycles. The lowest BCUT2D eigenvalue weighted by atomic mass is 10.2. The lowest BCUT2D eigenvalue weighted by Crippen LogP contribution is -2.09. The minimum absolute atomic E-state index is 0.0267. The summed E-state index contributed by atoms with van der Waals surface area (Å²) >= 11 is 0. The Morgan fingerprint density at radius 2 is 2.28 bits per heavy atom. The summed E-state index contributed by atoms with van der Waals surface area (Å²) in [5.74, 6) is 0.151. The van der Waals surface area contributed by atoms with Gasteiger partial charge in [0.15, 0.2) is 5.82 Å². The summed E-state index contributed by atoms with van der Waals surface area (Å²) in [6, 6.07) is 4.21. The molecule has 0 bridgehead atoms. The average molecular weight is 251 g/mol. The number of halogens is 1. The number of hydrogen-bond donors (Lipinski definition) is 1. The van der Waals surface area contributed by atoms with Crippen LogP contribution in [0, 0.1) is 5.82 Å². The summed E-state index contributed by atoms with van der Waals surface area (Å²) < 4.78 is 23.7. The van der Waals surface area contributed by atoms with Gasteiger partial charge in [0.2, 0.25) is 0 Å². The Morgan fingerprint density at radius 3 is 3.00 bits per heavy atom. The predicted molar refractivity (Wildman–Crippen MR) is 64.3 cm³/mol. The summed E-state index contributed by atoms with van der Waals surface area (Å²) in [6.07, 6.45) is 0.477. The molecular weight excluding hydrogens is 237 g/mol. The van der Waals surface area contributed by atoms with E-state index in [0.717, 1.165) is 0 Å². The molecule has 0 aliphatic heterocycles. The molecular formula is C12H14FN3O2. The molecule has 2 aromatic rings. The van der Waals surface area contributed by atoms with E-state index >= 15 is 0 Å². The number of nitrogens with two attached hydrogens (primary N) is 1. The molecule has 1 atom stereocenters. The molecule has 0 amide bonds. The highest BCUT2D eigenvalue weighted by Gasteiger charge is 2.15. The number of hydrogen-bond acceptors (Lipinski definition) is 5. The van der Waals surface area contributed by atoms with Gasteiger partial charge < -0.3 is 15.0 Å². The fourth-order valence-electron chi connectivity index (χ4n) is 1.49. The molecule has 0 fully saturated rings. The second-order valence-electron chi connectivity index (χ2n) is 4.01. The topological polar surface area (TPSA) is 74.2 Å². The van der Waals surface area contributed by atoms with Crippen molar-refractivity contribution in [2.45, 2.75) is 19.4 Å². The van der Waals surface area contributed by atoms with Gasteiger partial charge in [-0.2, -0.15) is 4.98 Å². The number of nitrogens with zero attached hydrogens (tertiary/aromatic N) is 2. The monoisotopic (exact) mass is 251 g/mol. The first-order valence-electron chi connectivity index (χ1n) is 5.51. The van der Waals surface area contributed by atoms with Gasteiger partial charge in [0.05, 0.1) is 11.7 Å². The molecule has 1 heterocycles. The number of methoxy groups -OCH3 is 1. The smallest absolute Gasteiger partial charge is 0.260 e. The Kier molecular flexibility index (Phi) is 3.57. The number of nitrogen functional groups attached to an aromatic ring is 1. The Morgan fingerprint density at radius 1 is 1.50 bits per heavy atom. The molecule has 0 spiro atoms. The van der Waals surface area contributed by atoms with E-state index in [4.69, 9.17) is 15.0 Å². The molecule has 1 aromatic carbocycles. The van der Waals surface area contributed by atoms with E-state index in [2.05, 4.69) is 10.1 Å². The highest BCUT2D eigenvalue weighted by molar-refractivity contribution is 5.60. The first-order chi connectivity index (χ1) is 8.60. The minimum Gasteiger partial charge on any atom is -0.399 e. The van der Waals surface area contributed by atoms with Gasteiger partial charge >= 0.3 is 0 Å². The molecule has 6 heteroatoms. The van der Waals surface area contributed by atoms with Crippen LogP contribution in [0.1, 0.15) is 12.7 Å². The second kappa shape index (κ2) is 5.14. The molecule has 0 radical (unpaired) electrons. The Labute approximate surface area is 104 Å². The normalized spacial score (nSPS) is 12.6. The van der Waals surface area contributed by atoms with Crippen molar-refractivity contribution in [3.05, 3.63) is 29.8 Å². The lowest BCUT2D eigenvalue weighted by molar-refractivity contribution is 0.116. The maximum absolute atomic E-state index is 13.6. The maximum Gasteiger partial charge on any atom is 0.260 e. The van der Waals surface area contributed by atoms with Crippen molar-refractivity contribution in [2.24, 2.45) is 0 Å². The Bertz CT molecular complexity index is 542. The molecule has 5 nitrogen and oxygen atoms in total. The molecule has 18 heavy (non-hydrogen) atoms. The number of rotatable bonds is 4. The van der Waals surface area contributed by atoms with Crippen LogP contribution in [-0.2, 0) is 11.2 Å². The van der Waals surface area contributed by atoms with Crippen LogP contribution < -0.4 is 5.73 Å². The average Bonchev–Trinajstić information content (AvgIpc) is 2.80. The number of anilines is 1. The summed E-state index contributed by atoms with van der Waals surface area (Å²) in [5.41, 5.74) is 6.25. The zero-order valence-electron chi connectivity index (χ0n) is 10.2. The van der Waals surface area contributed by atoms with Crippen molar-refractivity contribution >= 4 is 5.69 Å². The Hall–Kier alpha value is -1.95. The van der Waals surface area contributed by atoms with E-state index in [1.54, 1.807) is 7.11 Å². The third-order valence-electron chi connectivity index (χ3n) is 2.56. The molecule has 2 N–H and O–H groups in total. The SMILES string of the molecule is COC(C)Cc1noc(-c2cc(N)ccc2F)n1. The second-order valence-corrected chi connectivity index (χ2v) is 4.01. The molecule has 0 aliphatic carbocycles. The summed E-state index contributed by atoms with van der Waals surface area (Å²) in [7, 11) is 1.60. The highest BCUT2D eigenvalue weighted by atomic mass is 19.1. The third-order valence-corrected chi connectivity index (χ3v) is 2.56. The van der Waals surface area contributed by atoms with Crippen molar-refractivity contribution < 1.29 is 13.7 Å². The van der Waals surface area contributed by atoms with Crippen molar-refractivity contribution in [2.75, 3.05) is 12.8 Å². The predicted octanol–water partition coefficient (Wildman–Crippen LogP) is 2.04. The summed E-state index contributed by atoms with van der Waals surface area (Å²) in [4.78, 5) is 4.12. The van der Waals surface area contributed by atoms with Crippen LogP contribution in [0.5, 0.6) is 0 Å². The number of benzene rings is 1. The first kappa shape index (κ1) is 12.5. The van der Waals surface area contributed by atoms with Crippen LogP contribution in [0.3, 0.4) is 0 Å². The molecule has 0 saturated heterocycles. The molecule has 0 aliphatic rings. The van der Waals surface area contributed by atoms with Crippen molar-refractivity contribution in [3.8, 4) is 11.5 Å². The van der Waals surface area contributed by atoms with E-state index < -0.39 is 5.82 Å². The molecule has 1 aromatic heterocycles. The van der Waals surface area contributed by atoms with Gasteiger partial charge in [-0.3, -0.25) is 0 Å². The quantitative estimate of drug-likeness (QED) is 0.841. The van der Waals surface area contributed by atoms with Gasteiger partial charge in [0.25, 0.3) is 5.89 Å². The van der Waals surface area contributed by atoms with Crippen LogP contribution in [0.4, 0.5) is 10.1 Å². The maximum atomic E-state index is 13.6. The lowest BCUT2D eigenvalue weighted by Gasteiger charge is -2.04. The van der Waals surface area contributed by atoms with Crippen LogP contribution in [0.2, 0.25) is 0 Å². The summed E-state index contributed by atoms with van der Waals surface area (Å²) in [6.45, 7) is 1.89. The van der Waals surface area contributed by atoms with Crippen LogP contribution in [-0.4, -0.2) is 23.4 Å². The summed E-state index contributed by atoms with van der Waals surface area (Å²) in [5, 5.41) is 3.78. The fraction of sp³-hybridized carbons (Fsp3) is 0.333. The minimum atomic E-state index is -0.445. The van der Waals surface area contributed by atoms with E-state index in [-0.39, 0.29) is 17.6 Å². The molecule has 1 unspecified atom stereocenters. The fourth-order valence-corrected chi connectivity index (χ4v) is 1.49. The van der Waals surface area contributed by atoms with Crippen molar-refractivity contribution in [1.82, 2.24) is 10.1 Å². The number of ether oxygens (including phenoxy) is 1. The van der Waals surface area contributed by atoms with Crippen LogP contribution in [0.15, 0.2) is 22.7 Å². The van der Waals surface area contributed by atoms with Gasteiger partial charge in [-0.15, -0.1) is 0 Å². The molecule has 96 valence electrons. The van der Waals surface area contributed by atoms with Crippen LogP contribution >= 0.6 is 0 Å². The van der Waals surface area contributed by atoms with Gasteiger partial charge in [-0.1, -0.05) is 5.16 Å². The van der Waals surface area contributed by atoms with Gasteiger partial charge in [-0.05, 0) is 25.1 Å². The first-order valence-corrected chi connectivity index (χ1v) is 5.51. The zero-order valence-corrected chi connectivity index (χ0v) is 10.2. The van der Waals surface area contributed by atoms with Gasteiger partial charge in [0, 0.05) is 19.2 Å².